The third-order valence-corrected chi connectivity index (χ3v) is 1.91. The number of rotatable bonds is 2. The van der Waals surface area contributed by atoms with Gasteiger partial charge in [0, 0.05) is 11.9 Å². The van der Waals surface area contributed by atoms with Crippen LogP contribution in [0.1, 0.15) is 11.3 Å². The molecule has 70 valence electrons. The lowest BCUT2D eigenvalue weighted by Crippen LogP contribution is -1.82. The van der Waals surface area contributed by atoms with Crippen LogP contribution in [0.15, 0.2) is 36.5 Å². The predicted molar refractivity (Wildman–Crippen MR) is 58.4 cm³/mol. The molecule has 2 rings (SSSR count). The fourth-order valence-corrected chi connectivity index (χ4v) is 1.15. The number of hydrogen-bond acceptors (Lipinski definition) is 2. The second kappa shape index (κ2) is 3.79. The molecule has 3 nitrogen and oxygen atoms in total. The van der Waals surface area contributed by atoms with Gasteiger partial charge in [-0.25, -0.2) is 0 Å². The smallest absolute Gasteiger partial charge is 0.0577 e. The Morgan fingerprint density at radius 2 is 1.86 bits per heavy atom. The van der Waals surface area contributed by atoms with E-state index in [-0.39, 0.29) is 0 Å². The molecule has 0 aliphatic heterocycles. The van der Waals surface area contributed by atoms with Crippen LogP contribution >= 0.6 is 0 Å². The van der Waals surface area contributed by atoms with Crippen molar-refractivity contribution in [1.82, 2.24) is 10.2 Å². The molecule has 0 radical (unpaired) electrons. The van der Waals surface area contributed by atoms with Gasteiger partial charge in [0.05, 0.1) is 5.69 Å². The second-order valence-corrected chi connectivity index (χ2v) is 3.01. The van der Waals surface area contributed by atoms with Gasteiger partial charge in [-0.15, -0.1) is 0 Å². The van der Waals surface area contributed by atoms with E-state index in [2.05, 4.69) is 10.2 Å². The highest BCUT2D eigenvalue weighted by molar-refractivity contribution is 5.68. The third-order valence-electron chi connectivity index (χ3n) is 1.91. The number of nitrogens with two attached hydrogens (primary N) is 1. The Balaban J connectivity index is 2.15. The van der Waals surface area contributed by atoms with E-state index in [0.29, 0.717) is 0 Å². The molecule has 3 N–H and O–H groups in total. The van der Waals surface area contributed by atoms with Gasteiger partial charge in [-0.2, -0.15) is 5.10 Å². The highest BCUT2D eigenvalue weighted by Crippen LogP contribution is 2.08. The standard InChI is InChI=1S/C11H11N3/c12-10-4-1-9(2-5-10)3-6-11-7-8-13-14-11/h1-8H,12H2,(H,13,14). The van der Waals surface area contributed by atoms with Crippen LogP contribution in [-0.4, -0.2) is 10.2 Å². The van der Waals surface area contributed by atoms with Crippen LogP contribution in [0.5, 0.6) is 0 Å². The molecule has 0 bridgehead atoms. The van der Waals surface area contributed by atoms with Gasteiger partial charge in [-0.05, 0) is 29.8 Å². The highest BCUT2D eigenvalue weighted by Gasteiger charge is 1.88. The van der Waals surface area contributed by atoms with Gasteiger partial charge in [-0.3, -0.25) is 5.10 Å². The summed E-state index contributed by atoms with van der Waals surface area (Å²) in [4.78, 5) is 0. The van der Waals surface area contributed by atoms with Gasteiger partial charge in [-0.1, -0.05) is 18.2 Å². The number of aromatic amines is 1. The molecule has 0 saturated heterocycles. The highest BCUT2D eigenvalue weighted by atomic mass is 15.1. The summed E-state index contributed by atoms with van der Waals surface area (Å²) >= 11 is 0. The molecule has 0 atom stereocenters. The van der Waals surface area contributed by atoms with Gasteiger partial charge in [0.15, 0.2) is 0 Å². The van der Waals surface area contributed by atoms with Crippen molar-refractivity contribution in [2.24, 2.45) is 0 Å². The molecule has 0 amide bonds. The van der Waals surface area contributed by atoms with Crippen molar-refractivity contribution in [2.75, 3.05) is 5.73 Å². The van der Waals surface area contributed by atoms with E-state index in [1.165, 1.54) is 0 Å². The van der Waals surface area contributed by atoms with E-state index < -0.39 is 0 Å². The summed E-state index contributed by atoms with van der Waals surface area (Å²) in [5.74, 6) is 0. The van der Waals surface area contributed by atoms with Gasteiger partial charge in [0.25, 0.3) is 0 Å². The zero-order valence-corrected chi connectivity index (χ0v) is 7.64. The number of benzene rings is 1. The molecule has 0 unspecified atom stereocenters. The minimum Gasteiger partial charge on any atom is -0.399 e. The molecule has 1 aromatic carbocycles. The Labute approximate surface area is 82.3 Å². The first-order chi connectivity index (χ1) is 6.84. The first-order valence-corrected chi connectivity index (χ1v) is 4.37. The third kappa shape index (κ3) is 2.01. The van der Waals surface area contributed by atoms with Crippen LogP contribution < -0.4 is 5.73 Å². The molecule has 1 aromatic heterocycles. The monoisotopic (exact) mass is 185 g/mol. The Hall–Kier alpha value is -2.03. The lowest BCUT2D eigenvalue weighted by molar-refractivity contribution is 1.08. The van der Waals surface area contributed by atoms with Crippen LogP contribution in [0.25, 0.3) is 12.2 Å². The number of anilines is 1. The fraction of sp³-hybridized carbons (Fsp3) is 0. The SMILES string of the molecule is Nc1ccc(C=Cc2ccn[nH]2)cc1. The summed E-state index contributed by atoms with van der Waals surface area (Å²) in [7, 11) is 0. The zero-order valence-electron chi connectivity index (χ0n) is 7.64. The number of aromatic nitrogens is 2. The molecule has 0 spiro atoms. The number of nitrogens with one attached hydrogen (secondary N) is 1. The van der Waals surface area contributed by atoms with Crippen molar-refractivity contribution < 1.29 is 0 Å². The quantitative estimate of drug-likeness (QED) is 0.704. The average molecular weight is 185 g/mol. The van der Waals surface area contributed by atoms with Crippen LogP contribution in [0.3, 0.4) is 0 Å². The topological polar surface area (TPSA) is 54.7 Å². The van der Waals surface area contributed by atoms with Gasteiger partial charge in [0.1, 0.15) is 0 Å². The Bertz CT molecular complexity index is 412. The van der Waals surface area contributed by atoms with Crippen LogP contribution in [0.4, 0.5) is 5.69 Å². The maximum absolute atomic E-state index is 5.58. The van der Waals surface area contributed by atoms with E-state index in [1.807, 2.05) is 42.5 Å². The summed E-state index contributed by atoms with van der Waals surface area (Å²) < 4.78 is 0. The van der Waals surface area contributed by atoms with Crippen molar-refractivity contribution in [2.45, 2.75) is 0 Å². The molecular weight excluding hydrogens is 174 g/mol. The minimum atomic E-state index is 0.781. The molecule has 14 heavy (non-hydrogen) atoms. The molecule has 0 saturated carbocycles. The Kier molecular flexibility index (Phi) is 2.32. The molecule has 2 aromatic rings. The van der Waals surface area contributed by atoms with E-state index in [0.717, 1.165) is 16.9 Å². The van der Waals surface area contributed by atoms with E-state index in [4.69, 9.17) is 5.73 Å². The summed E-state index contributed by atoms with van der Waals surface area (Å²) in [6.07, 6.45) is 5.70. The fourth-order valence-electron chi connectivity index (χ4n) is 1.15. The maximum atomic E-state index is 5.58. The summed E-state index contributed by atoms with van der Waals surface area (Å²) in [5, 5.41) is 6.71. The zero-order chi connectivity index (χ0) is 9.80. The molecule has 0 aliphatic rings. The van der Waals surface area contributed by atoms with Crippen LogP contribution in [0.2, 0.25) is 0 Å². The second-order valence-electron chi connectivity index (χ2n) is 3.01. The molecule has 0 fully saturated rings. The Morgan fingerprint density at radius 3 is 2.50 bits per heavy atom. The molecule has 3 heteroatoms. The number of hydrogen-bond donors (Lipinski definition) is 2. The maximum Gasteiger partial charge on any atom is 0.0577 e. The van der Waals surface area contributed by atoms with Crippen LogP contribution in [0, 0.1) is 0 Å². The van der Waals surface area contributed by atoms with Gasteiger partial charge < -0.3 is 5.73 Å². The largest absolute Gasteiger partial charge is 0.399 e. The minimum absolute atomic E-state index is 0.781. The van der Waals surface area contributed by atoms with E-state index >= 15 is 0 Å². The average Bonchev–Trinajstić information content (AvgIpc) is 2.70. The van der Waals surface area contributed by atoms with Crippen molar-refractivity contribution >= 4 is 17.8 Å². The molecule has 0 aliphatic carbocycles. The van der Waals surface area contributed by atoms with E-state index in [9.17, 15) is 0 Å². The van der Waals surface area contributed by atoms with Crippen molar-refractivity contribution in [3.8, 4) is 0 Å². The lowest BCUT2D eigenvalue weighted by Gasteiger charge is -1.93. The van der Waals surface area contributed by atoms with Crippen molar-refractivity contribution in [3.05, 3.63) is 47.8 Å². The predicted octanol–water partition coefficient (Wildman–Crippen LogP) is 2.16. The lowest BCUT2D eigenvalue weighted by atomic mass is 10.2. The molecular formula is C11H11N3. The summed E-state index contributed by atoms with van der Waals surface area (Å²) in [6, 6.07) is 9.62. The number of H-pyrrole nitrogens is 1. The summed E-state index contributed by atoms with van der Waals surface area (Å²) in [5.41, 5.74) is 8.47. The summed E-state index contributed by atoms with van der Waals surface area (Å²) in [6.45, 7) is 0. The normalized spacial score (nSPS) is 10.9. The molecule has 1 heterocycles. The van der Waals surface area contributed by atoms with Crippen LogP contribution in [-0.2, 0) is 0 Å². The Morgan fingerprint density at radius 1 is 1.07 bits per heavy atom. The number of nitrogen functional groups attached to an aromatic ring is 1. The van der Waals surface area contributed by atoms with E-state index in [1.54, 1.807) is 6.20 Å². The number of nitrogens with zero attached hydrogens (tertiary/aromatic N) is 1. The first-order valence-electron chi connectivity index (χ1n) is 4.37. The van der Waals surface area contributed by atoms with Gasteiger partial charge >= 0.3 is 0 Å². The van der Waals surface area contributed by atoms with Crippen molar-refractivity contribution in [1.29, 1.82) is 0 Å². The van der Waals surface area contributed by atoms with Gasteiger partial charge in [0.2, 0.25) is 0 Å². The van der Waals surface area contributed by atoms with Crippen molar-refractivity contribution in [3.63, 3.8) is 0 Å². The first kappa shape index (κ1) is 8.56.